The molecule has 1 aromatic rings. The second kappa shape index (κ2) is 6.26. The van der Waals surface area contributed by atoms with Crippen molar-refractivity contribution in [1.29, 1.82) is 0 Å². The zero-order valence-electron chi connectivity index (χ0n) is 11.0. The molecule has 0 heterocycles. The predicted octanol–water partition coefficient (Wildman–Crippen LogP) is 2.41. The first kappa shape index (κ1) is 14.2. The molecule has 1 saturated carbocycles. The number of hydrogen-bond acceptors (Lipinski definition) is 3. The lowest BCUT2D eigenvalue weighted by Gasteiger charge is -2.11. The fourth-order valence-electron chi connectivity index (χ4n) is 1.70. The third-order valence-corrected chi connectivity index (χ3v) is 3.31. The Morgan fingerprint density at radius 2 is 2.32 bits per heavy atom. The lowest BCUT2D eigenvalue weighted by Crippen LogP contribution is -2.26. The lowest BCUT2D eigenvalue weighted by molar-refractivity contribution is -0.121. The number of nitrogens with two attached hydrogens (primary N) is 1. The number of rotatable bonds is 6. The maximum atomic E-state index is 11.5. The largest absolute Gasteiger partial charge is 0.491 e. The van der Waals surface area contributed by atoms with Crippen molar-refractivity contribution < 1.29 is 9.53 Å². The van der Waals surface area contributed by atoms with Crippen LogP contribution >= 0.6 is 11.6 Å². The highest BCUT2D eigenvalue weighted by Crippen LogP contribution is 2.27. The minimum Gasteiger partial charge on any atom is -0.491 e. The zero-order chi connectivity index (χ0) is 13.8. The second-order valence-electron chi connectivity index (χ2n) is 4.92. The van der Waals surface area contributed by atoms with E-state index in [2.05, 4.69) is 5.32 Å². The monoisotopic (exact) mass is 282 g/mol. The molecule has 2 rings (SSSR count). The molecule has 0 saturated heterocycles. The van der Waals surface area contributed by atoms with Crippen molar-refractivity contribution in [2.45, 2.75) is 38.3 Å². The van der Waals surface area contributed by atoms with Gasteiger partial charge in [0, 0.05) is 12.1 Å². The van der Waals surface area contributed by atoms with Gasteiger partial charge in [-0.2, -0.15) is 0 Å². The summed E-state index contributed by atoms with van der Waals surface area (Å²) in [5.41, 5.74) is 6.73. The van der Waals surface area contributed by atoms with Gasteiger partial charge in [-0.15, -0.1) is 0 Å². The second-order valence-corrected chi connectivity index (χ2v) is 5.33. The SMILES string of the molecule is C[C@H](N)c1ccc(OCCC(=O)NC2CC2)c(Cl)c1. The van der Waals surface area contributed by atoms with Crippen LogP contribution in [0.2, 0.25) is 5.02 Å². The van der Waals surface area contributed by atoms with Gasteiger partial charge in [0.05, 0.1) is 18.1 Å². The third kappa shape index (κ3) is 4.40. The van der Waals surface area contributed by atoms with Gasteiger partial charge in [0.1, 0.15) is 5.75 Å². The number of carbonyl (C=O) groups excluding carboxylic acids is 1. The molecule has 1 aromatic carbocycles. The molecule has 19 heavy (non-hydrogen) atoms. The summed E-state index contributed by atoms with van der Waals surface area (Å²) in [5.74, 6) is 0.621. The van der Waals surface area contributed by atoms with Gasteiger partial charge in [-0.25, -0.2) is 0 Å². The van der Waals surface area contributed by atoms with Crippen LogP contribution < -0.4 is 15.8 Å². The van der Waals surface area contributed by atoms with E-state index in [1.54, 1.807) is 12.1 Å². The first-order valence-corrected chi connectivity index (χ1v) is 6.91. The first-order valence-electron chi connectivity index (χ1n) is 6.53. The van der Waals surface area contributed by atoms with Crippen LogP contribution in [0.25, 0.3) is 0 Å². The zero-order valence-corrected chi connectivity index (χ0v) is 11.7. The number of halogens is 1. The summed E-state index contributed by atoms with van der Waals surface area (Å²) < 4.78 is 5.51. The molecule has 5 heteroatoms. The average molecular weight is 283 g/mol. The van der Waals surface area contributed by atoms with E-state index in [0.29, 0.717) is 29.8 Å². The normalized spacial score (nSPS) is 15.9. The summed E-state index contributed by atoms with van der Waals surface area (Å²) in [4.78, 5) is 11.5. The molecule has 1 aliphatic carbocycles. The maximum Gasteiger partial charge on any atom is 0.223 e. The topological polar surface area (TPSA) is 64.3 Å². The van der Waals surface area contributed by atoms with Crippen LogP contribution in [-0.4, -0.2) is 18.6 Å². The summed E-state index contributed by atoms with van der Waals surface area (Å²) in [6.45, 7) is 2.23. The van der Waals surface area contributed by atoms with Crippen molar-refractivity contribution in [3.63, 3.8) is 0 Å². The highest BCUT2D eigenvalue weighted by molar-refractivity contribution is 6.32. The van der Waals surface area contributed by atoms with Gasteiger partial charge in [0.2, 0.25) is 5.91 Å². The Labute approximate surface area is 118 Å². The van der Waals surface area contributed by atoms with Gasteiger partial charge in [0.15, 0.2) is 0 Å². The minimum atomic E-state index is -0.0594. The van der Waals surface area contributed by atoms with E-state index >= 15 is 0 Å². The molecule has 0 unspecified atom stereocenters. The standard InChI is InChI=1S/C14H19ClN2O2/c1-9(16)10-2-5-13(12(15)8-10)19-7-6-14(18)17-11-3-4-11/h2,5,8-9,11H,3-4,6-7,16H2,1H3,(H,17,18)/t9-/m0/s1. The number of carbonyl (C=O) groups is 1. The van der Waals surface area contributed by atoms with Gasteiger partial charge in [-0.3, -0.25) is 4.79 Å². The Balaban J connectivity index is 1.80. The first-order chi connectivity index (χ1) is 9.06. The molecular formula is C14H19ClN2O2. The van der Waals surface area contributed by atoms with E-state index in [-0.39, 0.29) is 11.9 Å². The summed E-state index contributed by atoms with van der Waals surface area (Å²) >= 11 is 6.10. The van der Waals surface area contributed by atoms with Crippen LogP contribution in [0.3, 0.4) is 0 Å². The summed E-state index contributed by atoms with van der Waals surface area (Å²) in [6, 6.07) is 5.80. The number of amides is 1. The van der Waals surface area contributed by atoms with E-state index in [1.807, 2.05) is 13.0 Å². The maximum absolute atomic E-state index is 11.5. The van der Waals surface area contributed by atoms with Gasteiger partial charge in [-0.05, 0) is 37.5 Å². The summed E-state index contributed by atoms with van der Waals surface area (Å²) in [5, 5.41) is 3.44. The Morgan fingerprint density at radius 1 is 1.58 bits per heavy atom. The Hall–Kier alpha value is -1.26. The molecule has 0 spiro atoms. The van der Waals surface area contributed by atoms with Crippen molar-refractivity contribution in [3.8, 4) is 5.75 Å². The summed E-state index contributed by atoms with van der Waals surface area (Å²) in [7, 11) is 0. The fourth-order valence-corrected chi connectivity index (χ4v) is 1.94. The Bertz CT molecular complexity index is 459. The lowest BCUT2D eigenvalue weighted by atomic mass is 10.1. The van der Waals surface area contributed by atoms with Crippen LogP contribution in [0.4, 0.5) is 0 Å². The summed E-state index contributed by atoms with van der Waals surface area (Å²) in [6.07, 6.45) is 2.54. The van der Waals surface area contributed by atoms with E-state index in [1.165, 1.54) is 0 Å². The number of hydrogen-bond donors (Lipinski definition) is 2. The molecule has 3 N–H and O–H groups in total. The highest BCUT2D eigenvalue weighted by atomic mass is 35.5. The molecule has 0 aromatic heterocycles. The van der Waals surface area contributed by atoms with Crippen LogP contribution in [0.15, 0.2) is 18.2 Å². The van der Waals surface area contributed by atoms with Crippen molar-refractivity contribution >= 4 is 17.5 Å². The van der Waals surface area contributed by atoms with Crippen LogP contribution in [-0.2, 0) is 4.79 Å². The average Bonchev–Trinajstić information content (AvgIpc) is 3.14. The van der Waals surface area contributed by atoms with Crippen molar-refractivity contribution in [1.82, 2.24) is 5.32 Å². The number of ether oxygens (including phenoxy) is 1. The van der Waals surface area contributed by atoms with E-state index in [0.717, 1.165) is 18.4 Å². The van der Waals surface area contributed by atoms with Gasteiger partial charge in [-0.1, -0.05) is 17.7 Å². The van der Waals surface area contributed by atoms with Crippen LogP contribution in [0.5, 0.6) is 5.75 Å². The van der Waals surface area contributed by atoms with Crippen molar-refractivity contribution in [2.24, 2.45) is 5.73 Å². The molecular weight excluding hydrogens is 264 g/mol. The van der Waals surface area contributed by atoms with Crippen molar-refractivity contribution in [2.75, 3.05) is 6.61 Å². The Morgan fingerprint density at radius 3 is 2.89 bits per heavy atom. The molecule has 1 aliphatic rings. The van der Waals surface area contributed by atoms with Crippen LogP contribution in [0.1, 0.15) is 37.8 Å². The third-order valence-electron chi connectivity index (χ3n) is 3.01. The van der Waals surface area contributed by atoms with E-state index < -0.39 is 0 Å². The van der Waals surface area contributed by atoms with Gasteiger partial charge in [0.25, 0.3) is 0 Å². The minimum absolute atomic E-state index is 0.0332. The van der Waals surface area contributed by atoms with Gasteiger partial charge < -0.3 is 15.8 Å². The van der Waals surface area contributed by atoms with E-state index in [9.17, 15) is 4.79 Å². The quantitative estimate of drug-likeness (QED) is 0.842. The number of nitrogens with one attached hydrogen (secondary N) is 1. The highest BCUT2D eigenvalue weighted by Gasteiger charge is 2.22. The molecule has 0 bridgehead atoms. The molecule has 0 aliphatic heterocycles. The van der Waals surface area contributed by atoms with Gasteiger partial charge >= 0.3 is 0 Å². The molecule has 1 fully saturated rings. The number of benzene rings is 1. The molecule has 0 radical (unpaired) electrons. The molecule has 4 nitrogen and oxygen atoms in total. The smallest absolute Gasteiger partial charge is 0.223 e. The van der Waals surface area contributed by atoms with Crippen LogP contribution in [0, 0.1) is 0 Å². The van der Waals surface area contributed by atoms with E-state index in [4.69, 9.17) is 22.1 Å². The predicted molar refractivity (Wildman–Crippen MR) is 75.3 cm³/mol. The molecule has 1 atom stereocenters. The van der Waals surface area contributed by atoms with Crippen molar-refractivity contribution in [3.05, 3.63) is 28.8 Å². The Kier molecular flexibility index (Phi) is 4.66. The molecule has 1 amide bonds. The molecule has 104 valence electrons. The fraction of sp³-hybridized carbons (Fsp3) is 0.500.